The van der Waals surface area contributed by atoms with Crippen LogP contribution in [0.15, 0.2) is 46.4 Å². The molecule has 2 aromatic carbocycles. The van der Waals surface area contributed by atoms with Gasteiger partial charge in [0.1, 0.15) is 5.71 Å². The molecular formula is C56H92N2. The van der Waals surface area contributed by atoms with Crippen LogP contribution in [0.1, 0.15) is 256 Å². The first-order chi connectivity index (χ1) is 28.6. The molecule has 2 aromatic rings. The third-order valence-electron chi connectivity index (χ3n) is 12.1. The number of rotatable bonds is 36. The summed E-state index contributed by atoms with van der Waals surface area (Å²) in [4.78, 5) is 10.6. The average molecular weight is 793 g/mol. The van der Waals surface area contributed by atoms with E-state index in [1.54, 1.807) is 0 Å². The number of aliphatic imine (C=N–C) groups is 2. The zero-order valence-electron chi connectivity index (χ0n) is 39.4. The van der Waals surface area contributed by atoms with Crippen molar-refractivity contribution < 1.29 is 0 Å². The predicted molar refractivity (Wildman–Crippen MR) is 262 cm³/mol. The number of unbranched alkanes of at least 4 members (excludes halogenated alkanes) is 27. The van der Waals surface area contributed by atoms with Gasteiger partial charge in [0.2, 0.25) is 0 Å². The molecule has 0 saturated heterocycles. The fraction of sp³-hybridized carbons (Fsp3) is 0.714. The van der Waals surface area contributed by atoms with Crippen molar-refractivity contribution in [2.75, 3.05) is 0 Å². The number of hydrogen-bond acceptors (Lipinski definition) is 2. The zero-order valence-corrected chi connectivity index (χ0v) is 39.4. The molecule has 0 radical (unpaired) electrons. The number of nitrogens with zero attached hydrogens (tertiary/aromatic N) is 2. The molecule has 2 heteroatoms. The molecule has 0 saturated carbocycles. The maximum absolute atomic E-state index is 5.30. The molecule has 0 unspecified atom stereocenters. The Labute approximate surface area is 361 Å². The Kier molecular flexibility index (Phi) is 32.1. The molecule has 0 fully saturated rings. The Morgan fingerprint density at radius 2 is 0.672 bits per heavy atom. The van der Waals surface area contributed by atoms with Gasteiger partial charge < -0.3 is 0 Å². The normalized spacial score (nSPS) is 12.0. The van der Waals surface area contributed by atoms with E-state index in [4.69, 9.17) is 9.98 Å². The van der Waals surface area contributed by atoms with Crippen molar-refractivity contribution in [3.63, 3.8) is 0 Å². The molecular weight excluding hydrogens is 701 g/mol. The van der Waals surface area contributed by atoms with Gasteiger partial charge in [0, 0.05) is 6.42 Å². The molecule has 0 aliphatic heterocycles. The van der Waals surface area contributed by atoms with Crippen LogP contribution >= 0.6 is 0 Å². The van der Waals surface area contributed by atoms with E-state index in [0.717, 1.165) is 74.2 Å². The largest absolute Gasteiger partial charge is 0.250 e. The molecule has 0 amide bonds. The lowest BCUT2D eigenvalue weighted by Gasteiger charge is -2.10. The van der Waals surface area contributed by atoms with Crippen LogP contribution in [0, 0.1) is 11.8 Å². The minimum absolute atomic E-state index is 0.860. The highest BCUT2D eigenvalue weighted by molar-refractivity contribution is 6.49. The molecule has 0 aromatic heterocycles. The molecule has 0 bridgehead atoms. The van der Waals surface area contributed by atoms with E-state index in [9.17, 15) is 0 Å². The van der Waals surface area contributed by atoms with Gasteiger partial charge in [-0.05, 0) is 97.4 Å². The summed E-state index contributed by atoms with van der Waals surface area (Å²) in [5, 5.41) is 0. The van der Waals surface area contributed by atoms with E-state index in [1.165, 1.54) is 189 Å². The maximum Gasteiger partial charge on any atom is 0.135 e. The van der Waals surface area contributed by atoms with E-state index in [0.29, 0.717) is 0 Å². The van der Waals surface area contributed by atoms with Crippen LogP contribution in [0.2, 0.25) is 0 Å². The van der Waals surface area contributed by atoms with Crippen molar-refractivity contribution in [3.8, 4) is 11.8 Å². The topological polar surface area (TPSA) is 24.7 Å². The second kappa shape index (κ2) is 36.2. The minimum atomic E-state index is 0.860. The smallest absolute Gasteiger partial charge is 0.135 e. The molecule has 0 atom stereocenters. The van der Waals surface area contributed by atoms with Crippen molar-refractivity contribution >= 4 is 22.8 Å². The molecule has 0 aliphatic carbocycles. The molecule has 0 aliphatic rings. The van der Waals surface area contributed by atoms with Gasteiger partial charge in [-0.25, -0.2) is 4.99 Å². The van der Waals surface area contributed by atoms with Gasteiger partial charge in [0.25, 0.3) is 0 Å². The molecule has 326 valence electrons. The van der Waals surface area contributed by atoms with E-state index in [2.05, 4.69) is 89.8 Å². The summed E-state index contributed by atoms with van der Waals surface area (Å²) in [6, 6.07) is 13.6. The van der Waals surface area contributed by atoms with Crippen LogP contribution in [-0.2, 0) is 25.7 Å². The van der Waals surface area contributed by atoms with Crippen LogP contribution in [0.4, 0.5) is 11.4 Å². The highest BCUT2D eigenvalue weighted by Crippen LogP contribution is 2.24. The second-order valence-electron chi connectivity index (χ2n) is 17.4. The maximum atomic E-state index is 5.30. The van der Waals surface area contributed by atoms with Gasteiger partial charge in [-0.1, -0.05) is 227 Å². The van der Waals surface area contributed by atoms with Gasteiger partial charge in [0.15, 0.2) is 0 Å². The first kappa shape index (κ1) is 51.5. The standard InChI is InChI=1S/C56H92N2/c1-7-13-15-16-17-18-19-20-21-22-23-24-25-26-27-28-29-30-31-32-33-34-35-36-37-38-39-40-42-56(58-54-47-51(11-5)44-52(12-6)48-54)55(41-14-8-2)57-53-45-49(9-3)43-50(10-4)46-53/h43-48H,7-39,41H2,1-6H3. The quantitative estimate of drug-likeness (QED) is 0.0373. The van der Waals surface area contributed by atoms with Gasteiger partial charge in [-0.2, -0.15) is 0 Å². The summed E-state index contributed by atoms with van der Waals surface area (Å²) in [5.74, 6) is 7.12. The fourth-order valence-electron chi connectivity index (χ4n) is 8.13. The monoisotopic (exact) mass is 793 g/mol. The third kappa shape index (κ3) is 25.7. The summed E-state index contributed by atoms with van der Waals surface area (Å²) in [6.45, 7) is 13.5. The zero-order chi connectivity index (χ0) is 41.7. The number of hydrogen-bond donors (Lipinski definition) is 0. The van der Waals surface area contributed by atoms with Crippen LogP contribution < -0.4 is 0 Å². The molecule has 0 N–H and O–H groups in total. The van der Waals surface area contributed by atoms with Crippen LogP contribution in [-0.4, -0.2) is 11.4 Å². The van der Waals surface area contributed by atoms with Gasteiger partial charge >= 0.3 is 0 Å². The Morgan fingerprint density at radius 1 is 0.362 bits per heavy atom. The summed E-state index contributed by atoms with van der Waals surface area (Å²) in [7, 11) is 0. The molecule has 2 nitrogen and oxygen atoms in total. The number of aryl methyl sites for hydroxylation is 4. The van der Waals surface area contributed by atoms with E-state index >= 15 is 0 Å². The Hall–Kier alpha value is -2.66. The number of benzene rings is 2. The lowest BCUT2D eigenvalue weighted by Crippen LogP contribution is -2.12. The van der Waals surface area contributed by atoms with E-state index in [-0.39, 0.29) is 0 Å². The lowest BCUT2D eigenvalue weighted by molar-refractivity contribution is 0.515. The van der Waals surface area contributed by atoms with E-state index in [1.807, 2.05) is 0 Å². The highest BCUT2D eigenvalue weighted by Gasteiger charge is 2.11. The Balaban J connectivity index is 1.68. The van der Waals surface area contributed by atoms with Gasteiger partial charge in [-0.3, -0.25) is 4.99 Å². The van der Waals surface area contributed by atoms with E-state index < -0.39 is 0 Å². The summed E-state index contributed by atoms with van der Waals surface area (Å²) < 4.78 is 0. The summed E-state index contributed by atoms with van der Waals surface area (Å²) in [5.41, 5.74) is 9.33. The van der Waals surface area contributed by atoms with Crippen LogP contribution in [0.5, 0.6) is 0 Å². The average Bonchev–Trinajstić information content (AvgIpc) is 3.25. The minimum Gasteiger partial charge on any atom is -0.250 e. The van der Waals surface area contributed by atoms with Crippen molar-refractivity contribution in [1.82, 2.24) is 0 Å². The third-order valence-corrected chi connectivity index (χ3v) is 12.1. The SMILES string of the molecule is CCCCCCCCCCCCCCCCCCCCCCCCCCCCC#CC(=Nc1cc(CC)cc(CC)c1)C(CCCC)=Nc1cc(CC)cc(CC)c1. The Bertz CT molecular complexity index is 1370. The van der Waals surface area contributed by atoms with Crippen molar-refractivity contribution in [1.29, 1.82) is 0 Å². The fourth-order valence-corrected chi connectivity index (χ4v) is 8.13. The van der Waals surface area contributed by atoms with Crippen molar-refractivity contribution in [2.24, 2.45) is 9.98 Å². The first-order valence-corrected chi connectivity index (χ1v) is 25.5. The molecule has 2 rings (SSSR count). The van der Waals surface area contributed by atoms with Gasteiger partial charge in [-0.15, -0.1) is 0 Å². The summed E-state index contributed by atoms with van der Waals surface area (Å²) in [6.07, 6.45) is 45.2. The molecule has 58 heavy (non-hydrogen) atoms. The Morgan fingerprint density at radius 3 is 1.00 bits per heavy atom. The van der Waals surface area contributed by atoms with Crippen molar-refractivity contribution in [3.05, 3.63) is 58.7 Å². The van der Waals surface area contributed by atoms with Crippen molar-refractivity contribution in [2.45, 2.75) is 260 Å². The molecule has 0 spiro atoms. The van der Waals surface area contributed by atoms with Crippen LogP contribution in [0.25, 0.3) is 0 Å². The van der Waals surface area contributed by atoms with Gasteiger partial charge in [0.05, 0.1) is 17.1 Å². The second-order valence-corrected chi connectivity index (χ2v) is 17.4. The highest BCUT2D eigenvalue weighted by atomic mass is 14.8. The first-order valence-electron chi connectivity index (χ1n) is 25.5. The van der Waals surface area contributed by atoms with Crippen LogP contribution in [0.3, 0.4) is 0 Å². The molecule has 0 heterocycles. The predicted octanol–water partition coefficient (Wildman–Crippen LogP) is 18.5. The summed E-state index contributed by atoms with van der Waals surface area (Å²) >= 11 is 0. The lowest BCUT2D eigenvalue weighted by atomic mass is 10.0.